The van der Waals surface area contributed by atoms with Crippen molar-refractivity contribution >= 4 is 27.5 Å². The van der Waals surface area contributed by atoms with Gasteiger partial charge in [0.2, 0.25) is 0 Å². The Kier molecular flexibility index (Phi) is 2.35. The van der Waals surface area contributed by atoms with Crippen molar-refractivity contribution in [1.29, 1.82) is 0 Å². The summed E-state index contributed by atoms with van der Waals surface area (Å²) in [4.78, 5) is 23.0. The summed E-state index contributed by atoms with van der Waals surface area (Å²) in [5.74, 6) is 0. The number of non-ortho nitro benzene ring substituents is 1. The molecule has 0 amide bonds. The summed E-state index contributed by atoms with van der Waals surface area (Å²) in [7, 11) is 1.73. The topological polar surface area (TPSA) is 65.1 Å². The van der Waals surface area contributed by atoms with Gasteiger partial charge in [-0.3, -0.25) is 14.9 Å². The van der Waals surface area contributed by atoms with Crippen LogP contribution in [0, 0.1) is 10.1 Å². The lowest BCUT2D eigenvalue weighted by Gasteiger charge is -2.10. The van der Waals surface area contributed by atoms with Gasteiger partial charge in [-0.25, -0.2) is 0 Å². The highest BCUT2D eigenvalue weighted by atomic mass is 16.6. The zero-order valence-corrected chi connectivity index (χ0v) is 10.2. The predicted molar refractivity (Wildman–Crippen MR) is 73.3 cm³/mol. The number of rotatable bonds is 1. The van der Waals surface area contributed by atoms with Crippen LogP contribution in [-0.2, 0) is 7.05 Å². The number of hydrogen-bond donors (Lipinski definition) is 0. The first-order chi connectivity index (χ1) is 9.11. The molecule has 0 unspecified atom stereocenters. The molecule has 19 heavy (non-hydrogen) atoms. The van der Waals surface area contributed by atoms with Crippen molar-refractivity contribution in [2.45, 2.75) is 0 Å². The Morgan fingerprint density at radius 2 is 1.74 bits per heavy atom. The van der Waals surface area contributed by atoms with E-state index in [0.29, 0.717) is 21.8 Å². The van der Waals surface area contributed by atoms with E-state index in [1.165, 1.54) is 12.1 Å². The Labute approximate surface area is 107 Å². The Morgan fingerprint density at radius 3 is 2.47 bits per heavy atom. The second-order valence-corrected chi connectivity index (χ2v) is 4.34. The molecule has 0 saturated heterocycles. The monoisotopic (exact) mass is 254 g/mol. The SMILES string of the molecule is Cn1c2ccccc2c(=O)c2cccc([N+](=O)[O-])c21. The molecular formula is C14H10N2O3. The zero-order chi connectivity index (χ0) is 13.6. The lowest BCUT2D eigenvalue weighted by atomic mass is 10.1. The minimum Gasteiger partial charge on any atom is -0.338 e. The van der Waals surface area contributed by atoms with E-state index in [4.69, 9.17) is 0 Å². The summed E-state index contributed by atoms with van der Waals surface area (Å²) < 4.78 is 1.70. The Balaban J connectivity index is 2.68. The van der Waals surface area contributed by atoms with Crippen molar-refractivity contribution in [2.24, 2.45) is 7.05 Å². The summed E-state index contributed by atoms with van der Waals surface area (Å²) in [6.07, 6.45) is 0. The molecule has 0 aliphatic rings. The molecule has 0 aliphatic carbocycles. The molecular weight excluding hydrogens is 244 g/mol. The smallest absolute Gasteiger partial charge is 0.293 e. The van der Waals surface area contributed by atoms with Crippen LogP contribution >= 0.6 is 0 Å². The van der Waals surface area contributed by atoms with Crippen LogP contribution in [0.15, 0.2) is 47.3 Å². The standard InChI is InChI=1S/C14H10N2O3/c1-15-11-7-3-2-5-9(11)14(17)10-6-4-8-12(13(10)15)16(18)19/h2-8H,1H3. The van der Waals surface area contributed by atoms with Crippen LogP contribution in [0.5, 0.6) is 0 Å². The maximum atomic E-state index is 12.4. The van der Waals surface area contributed by atoms with Gasteiger partial charge in [0.05, 0.1) is 15.8 Å². The molecule has 0 aliphatic heterocycles. The molecule has 94 valence electrons. The molecule has 0 radical (unpaired) electrons. The van der Waals surface area contributed by atoms with Gasteiger partial charge in [-0.15, -0.1) is 0 Å². The summed E-state index contributed by atoms with van der Waals surface area (Å²) in [5.41, 5.74) is 0.820. The molecule has 0 fully saturated rings. The maximum absolute atomic E-state index is 12.4. The first-order valence-electron chi connectivity index (χ1n) is 5.76. The van der Waals surface area contributed by atoms with E-state index in [1.807, 2.05) is 6.07 Å². The molecule has 5 heteroatoms. The number of benzene rings is 2. The van der Waals surface area contributed by atoms with Gasteiger partial charge in [0.15, 0.2) is 5.43 Å². The first-order valence-corrected chi connectivity index (χ1v) is 5.76. The van der Waals surface area contributed by atoms with Crippen LogP contribution in [0.3, 0.4) is 0 Å². The van der Waals surface area contributed by atoms with E-state index in [-0.39, 0.29) is 11.1 Å². The van der Waals surface area contributed by atoms with Crippen LogP contribution < -0.4 is 5.43 Å². The number of aromatic nitrogens is 1. The van der Waals surface area contributed by atoms with Crippen LogP contribution in [-0.4, -0.2) is 9.49 Å². The van der Waals surface area contributed by atoms with Gasteiger partial charge < -0.3 is 4.57 Å². The third-order valence-corrected chi connectivity index (χ3v) is 3.30. The van der Waals surface area contributed by atoms with E-state index in [0.717, 1.165) is 0 Å². The fourth-order valence-electron chi connectivity index (χ4n) is 2.44. The number of pyridine rings is 1. The molecule has 3 rings (SSSR count). The number of hydrogen-bond acceptors (Lipinski definition) is 3. The highest BCUT2D eigenvalue weighted by Gasteiger charge is 2.17. The summed E-state index contributed by atoms with van der Waals surface area (Å²) >= 11 is 0. The molecule has 0 bridgehead atoms. The van der Waals surface area contributed by atoms with Gasteiger partial charge in [-0.1, -0.05) is 18.2 Å². The molecule has 0 atom stereocenters. The number of para-hydroxylation sites is 2. The number of nitro groups is 1. The predicted octanol–water partition coefficient (Wildman–Crippen LogP) is 2.60. The van der Waals surface area contributed by atoms with Gasteiger partial charge in [-0.2, -0.15) is 0 Å². The van der Waals surface area contributed by atoms with Gasteiger partial charge >= 0.3 is 0 Å². The van der Waals surface area contributed by atoms with Crippen molar-refractivity contribution < 1.29 is 4.92 Å². The summed E-state index contributed by atoms with van der Waals surface area (Å²) in [6, 6.07) is 11.7. The maximum Gasteiger partial charge on any atom is 0.293 e. The number of nitrogens with zero attached hydrogens (tertiary/aromatic N) is 2. The van der Waals surface area contributed by atoms with Gasteiger partial charge in [-0.05, 0) is 18.2 Å². The molecule has 2 aromatic carbocycles. The number of aryl methyl sites for hydroxylation is 1. The van der Waals surface area contributed by atoms with Crippen LogP contribution in [0.25, 0.3) is 21.8 Å². The average molecular weight is 254 g/mol. The Hall–Kier alpha value is -2.69. The summed E-state index contributed by atoms with van der Waals surface area (Å²) in [5, 5.41) is 12.0. The average Bonchev–Trinajstić information content (AvgIpc) is 2.44. The lowest BCUT2D eigenvalue weighted by Crippen LogP contribution is -2.10. The van der Waals surface area contributed by atoms with Crippen molar-refractivity contribution in [2.75, 3.05) is 0 Å². The fraction of sp³-hybridized carbons (Fsp3) is 0.0714. The first kappa shape index (κ1) is 11.4. The fourth-order valence-corrected chi connectivity index (χ4v) is 2.44. The highest BCUT2D eigenvalue weighted by Crippen LogP contribution is 2.25. The molecule has 5 nitrogen and oxygen atoms in total. The van der Waals surface area contributed by atoms with Crippen molar-refractivity contribution in [3.63, 3.8) is 0 Å². The molecule has 0 saturated carbocycles. The minimum absolute atomic E-state index is 0.0529. The Bertz CT molecular complexity index is 881. The minimum atomic E-state index is -0.462. The molecule has 0 N–H and O–H groups in total. The normalized spacial score (nSPS) is 11.0. The van der Waals surface area contributed by atoms with Crippen LogP contribution in [0.4, 0.5) is 5.69 Å². The Morgan fingerprint density at radius 1 is 1.05 bits per heavy atom. The second kappa shape index (κ2) is 3.91. The van der Waals surface area contributed by atoms with E-state index < -0.39 is 4.92 Å². The lowest BCUT2D eigenvalue weighted by molar-refractivity contribution is -0.383. The largest absolute Gasteiger partial charge is 0.338 e. The van der Waals surface area contributed by atoms with E-state index >= 15 is 0 Å². The molecule has 1 heterocycles. The van der Waals surface area contributed by atoms with Crippen LogP contribution in [0.1, 0.15) is 0 Å². The number of nitro benzene ring substituents is 1. The highest BCUT2D eigenvalue weighted by molar-refractivity contribution is 5.97. The van der Waals surface area contributed by atoms with E-state index in [1.54, 1.807) is 35.9 Å². The quantitative estimate of drug-likeness (QED) is 0.381. The van der Waals surface area contributed by atoms with Crippen LogP contribution in [0.2, 0.25) is 0 Å². The summed E-state index contributed by atoms with van der Waals surface area (Å²) in [6.45, 7) is 0. The van der Waals surface area contributed by atoms with Crippen molar-refractivity contribution in [3.05, 3.63) is 62.8 Å². The van der Waals surface area contributed by atoms with Gasteiger partial charge in [0.1, 0.15) is 5.52 Å². The van der Waals surface area contributed by atoms with E-state index in [2.05, 4.69) is 0 Å². The van der Waals surface area contributed by atoms with Gasteiger partial charge in [0.25, 0.3) is 5.69 Å². The van der Waals surface area contributed by atoms with Gasteiger partial charge in [0, 0.05) is 18.5 Å². The van der Waals surface area contributed by atoms with E-state index in [9.17, 15) is 14.9 Å². The number of fused-ring (bicyclic) bond motifs is 2. The third-order valence-electron chi connectivity index (χ3n) is 3.30. The molecule has 0 spiro atoms. The molecule has 1 aromatic heterocycles. The zero-order valence-electron chi connectivity index (χ0n) is 10.2. The van der Waals surface area contributed by atoms with Crippen molar-refractivity contribution in [1.82, 2.24) is 4.57 Å². The third kappa shape index (κ3) is 1.52. The second-order valence-electron chi connectivity index (χ2n) is 4.34. The van der Waals surface area contributed by atoms with Crippen molar-refractivity contribution in [3.8, 4) is 0 Å². The molecule has 3 aromatic rings.